The van der Waals surface area contributed by atoms with Crippen molar-refractivity contribution in [1.82, 2.24) is 5.32 Å². The van der Waals surface area contributed by atoms with Gasteiger partial charge in [-0.15, -0.1) is 0 Å². The lowest BCUT2D eigenvalue weighted by Gasteiger charge is -2.27. The normalized spacial score (nSPS) is 13.1. The van der Waals surface area contributed by atoms with Gasteiger partial charge in [0.1, 0.15) is 11.3 Å². The summed E-state index contributed by atoms with van der Waals surface area (Å²) in [6.07, 6.45) is 1.80. The third-order valence-corrected chi connectivity index (χ3v) is 3.11. The summed E-state index contributed by atoms with van der Waals surface area (Å²) in [6, 6.07) is 7.39. The molecule has 1 aromatic rings. The molecule has 4 heteroatoms. The summed E-state index contributed by atoms with van der Waals surface area (Å²) in [5, 5.41) is 12.5. The second-order valence-electron chi connectivity index (χ2n) is 5.37. The minimum absolute atomic E-state index is 0.197. The summed E-state index contributed by atoms with van der Waals surface area (Å²) in [5.74, 6) is 0.0192. The fraction of sp³-hybridized carbons (Fsp3) is 0.533. The van der Waals surface area contributed by atoms with Crippen molar-refractivity contribution >= 4 is 5.97 Å². The van der Waals surface area contributed by atoms with Crippen molar-refractivity contribution in [3.63, 3.8) is 0 Å². The van der Waals surface area contributed by atoms with E-state index in [1.54, 1.807) is 12.1 Å². The fourth-order valence-corrected chi connectivity index (χ4v) is 2.05. The molecular formula is C15H23NO3. The number of carbonyl (C=O) groups excluding carboxylic acids is 1. The highest BCUT2D eigenvalue weighted by molar-refractivity contribution is 5.79. The Bertz CT molecular complexity index is 412. The molecule has 0 amide bonds. The Kier molecular flexibility index (Phi) is 5.36. The van der Waals surface area contributed by atoms with Crippen molar-refractivity contribution < 1.29 is 14.6 Å². The average Bonchev–Trinajstić information content (AvgIpc) is 2.36. The Morgan fingerprint density at radius 1 is 1.37 bits per heavy atom. The summed E-state index contributed by atoms with van der Waals surface area (Å²) in [6.45, 7) is 5.68. The van der Waals surface area contributed by atoms with Gasteiger partial charge in [0.2, 0.25) is 0 Å². The van der Waals surface area contributed by atoms with Crippen LogP contribution >= 0.6 is 0 Å². The molecule has 0 aliphatic heterocycles. The predicted octanol–water partition coefficient (Wildman–Crippen LogP) is 2.25. The van der Waals surface area contributed by atoms with Gasteiger partial charge < -0.3 is 9.84 Å². The smallest absolute Gasteiger partial charge is 0.325 e. The van der Waals surface area contributed by atoms with Crippen LogP contribution in [0.1, 0.15) is 32.8 Å². The van der Waals surface area contributed by atoms with Gasteiger partial charge in [0.15, 0.2) is 0 Å². The SMILES string of the molecule is COC(=O)C(C)(C)NC(C)CCc1ccc(O)cc1. The Balaban J connectivity index is 2.45. The first-order valence-corrected chi connectivity index (χ1v) is 6.49. The zero-order chi connectivity index (χ0) is 14.5. The molecule has 106 valence electrons. The van der Waals surface area contributed by atoms with Gasteiger partial charge in [-0.1, -0.05) is 12.1 Å². The lowest BCUT2D eigenvalue weighted by Crippen LogP contribution is -2.51. The van der Waals surface area contributed by atoms with Crippen LogP contribution in [-0.4, -0.2) is 29.8 Å². The Labute approximate surface area is 114 Å². The minimum atomic E-state index is -0.677. The van der Waals surface area contributed by atoms with E-state index in [4.69, 9.17) is 4.74 Å². The third kappa shape index (κ3) is 4.91. The lowest BCUT2D eigenvalue weighted by molar-refractivity contribution is -0.147. The monoisotopic (exact) mass is 265 g/mol. The summed E-state index contributed by atoms with van der Waals surface area (Å²) >= 11 is 0. The molecule has 0 fully saturated rings. The molecule has 0 aromatic heterocycles. The van der Waals surface area contributed by atoms with Crippen molar-refractivity contribution in [2.75, 3.05) is 7.11 Å². The van der Waals surface area contributed by atoms with Gasteiger partial charge in [-0.3, -0.25) is 10.1 Å². The number of phenols is 1. The number of nitrogens with one attached hydrogen (secondary N) is 1. The Hall–Kier alpha value is -1.55. The van der Waals surface area contributed by atoms with E-state index >= 15 is 0 Å². The molecule has 1 unspecified atom stereocenters. The van der Waals surface area contributed by atoms with E-state index in [0.717, 1.165) is 12.8 Å². The van der Waals surface area contributed by atoms with Gasteiger partial charge in [0.25, 0.3) is 0 Å². The molecule has 19 heavy (non-hydrogen) atoms. The van der Waals surface area contributed by atoms with Gasteiger partial charge in [-0.05, 0) is 51.3 Å². The van der Waals surface area contributed by atoms with E-state index in [-0.39, 0.29) is 17.8 Å². The zero-order valence-electron chi connectivity index (χ0n) is 12.1. The predicted molar refractivity (Wildman–Crippen MR) is 75.1 cm³/mol. The number of phenolic OH excluding ortho intramolecular Hbond substituents is 1. The molecule has 0 spiro atoms. The van der Waals surface area contributed by atoms with E-state index in [9.17, 15) is 9.90 Å². The Morgan fingerprint density at radius 3 is 2.47 bits per heavy atom. The zero-order valence-corrected chi connectivity index (χ0v) is 12.1. The molecule has 0 saturated carbocycles. The first-order chi connectivity index (χ1) is 8.85. The molecule has 0 heterocycles. The van der Waals surface area contributed by atoms with Crippen LogP contribution in [0.15, 0.2) is 24.3 Å². The van der Waals surface area contributed by atoms with Crippen LogP contribution in [0.4, 0.5) is 0 Å². The maximum absolute atomic E-state index is 11.6. The number of methoxy groups -OCH3 is 1. The minimum Gasteiger partial charge on any atom is -0.508 e. The highest BCUT2D eigenvalue weighted by Crippen LogP contribution is 2.13. The first kappa shape index (κ1) is 15.5. The van der Waals surface area contributed by atoms with E-state index < -0.39 is 5.54 Å². The number of rotatable bonds is 6. The second-order valence-corrected chi connectivity index (χ2v) is 5.37. The summed E-state index contributed by atoms with van der Waals surface area (Å²) in [4.78, 5) is 11.6. The van der Waals surface area contributed by atoms with E-state index in [1.807, 2.05) is 32.9 Å². The topological polar surface area (TPSA) is 58.6 Å². The van der Waals surface area contributed by atoms with Gasteiger partial charge in [-0.2, -0.15) is 0 Å². The molecule has 4 nitrogen and oxygen atoms in total. The van der Waals surface area contributed by atoms with Gasteiger partial charge in [-0.25, -0.2) is 0 Å². The number of carbonyl (C=O) groups is 1. The molecular weight excluding hydrogens is 242 g/mol. The van der Waals surface area contributed by atoms with Crippen LogP contribution in [0.25, 0.3) is 0 Å². The van der Waals surface area contributed by atoms with Crippen LogP contribution in [-0.2, 0) is 16.0 Å². The van der Waals surface area contributed by atoms with Crippen molar-refractivity contribution in [3.8, 4) is 5.75 Å². The molecule has 0 aliphatic carbocycles. The van der Waals surface area contributed by atoms with Gasteiger partial charge in [0.05, 0.1) is 7.11 Å². The maximum Gasteiger partial charge on any atom is 0.325 e. The standard InChI is InChI=1S/C15H23NO3/c1-11(16-15(2,3)14(18)19-4)5-6-12-7-9-13(17)10-8-12/h7-11,16-17H,5-6H2,1-4H3. The van der Waals surface area contributed by atoms with Crippen LogP contribution < -0.4 is 5.32 Å². The molecule has 1 aromatic carbocycles. The number of aryl methyl sites for hydroxylation is 1. The molecule has 1 rings (SSSR count). The quantitative estimate of drug-likeness (QED) is 0.775. The van der Waals surface area contributed by atoms with Crippen LogP contribution in [0.2, 0.25) is 0 Å². The van der Waals surface area contributed by atoms with Crippen LogP contribution in [0.3, 0.4) is 0 Å². The van der Waals surface area contributed by atoms with Gasteiger partial charge in [0, 0.05) is 6.04 Å². The first-order valence-electron chi connectivity index (χ1n) is 6.49. The van der Waals surface area contributed by atoms with Crippen molar-refractivity contribution in [2.24, 2.45) is 0 Å². The third-order valence-electron chi connectivity index (χ3n) is 3.11. The summed E-state index contributed by atoms with van der Waals surface area (Å²) in [7, 11) is 1.40. The molecule has 0 radical (unpaired) electrons. The fourth-order valence-electron chi connectivity index (χ4n) is 2.05. The Morgan fingerprint density at radius 2 is 1.95 bits per heavy atom. The molecule has 1 atom stereocenters. The van der Waals surface area contributed by atoms with E-state index in [2.05, 4.69) is 5.32 Å². The molecule has 0 bridgehead atoms. The van der Waals surface area contributed by atoms with Crippen LogP contribution in [0.5, 0.6) is 5.75 Å². The highest BCUT2D eigenvalue weighted by atomic mass is 16.5. The van der Waals surface area contributed by atoms with Gasteiger partial charge >= 0.3 is 5.97 Å². The number of benzene rings is 1. The number of ether oxygens (including phenoxy) is 1. The number of hydrogen-bond donors (Lipinski definition) is 2. The van der Waals surface area contributed by atoms with E-state index in [1.165, 1.54) is 12.7 Å². The highest BCUT2D eigenvalue weighted by Gasteiger charge is 2.29. The van der Waals surface area contributed by atoms with Crippen LogP contribution in [0, 0.1) is 0 Å². The van der Waals surface area contributed by atoms with Crippen molar-refractivity contribution in [3.05, 3.63) is 29.8 Å². The second kappa shape index (κ2) is 6.57. The number of esters is 1. The molecule has 0 aliphatic rings. The number of aromatic hydroxyl groups is 1. The molecule has 2 N–H and O–H groups in total. The average molecular weight is 265 g/mol. The maximum atomic E-state index is 11.6. The largest absolute Gasteiger partial charge is 0.508 e. The summed E-state index contributed by atoms with van der Waals surface area (Å²) < 4.78 is 4.76. The van der Waals surface area contributed by atoms with E-state index in [0.29, 0.717) is 0 Å². The van der Waals surface area contributed by atoms with Crippen molar-refractivity contribution in [1.29, 1.82) is 0 Å². The number of hydrogen-bond acceptors (Lipinski definition) is 4. The summed E-state index contributed by atoms with van der Waals surface area (Å²) in [5.41, 5.74) is 0.491. The lowest BCUT2D eigenvalue weighted by atomic mass is 10.0. The van der Waals surface area contributed by atoms with Crippen molar-refractivity contribution in [2.45, 2.75) is 45.2 Å². The molecule has 0 saturated heterocycles.